The third-order valence-electron chi connectivity index (χ3n) is 3.14. The van der Waals surface area contributed by atoms with E-state index in [1.807, 2.05) is 0 Å². The van der Waals surface area contributed by atoms with Crippen LogP contribution in [-0.2, 0) is 14.9 Å². The summed E-state index contributed by atoms with van der Waals surface area (Å²) in [6, 6.07) is 5.12. The van der Waals surface area contributed by atoms with Crippen LogP contribution in [0.3, 0.4) is 0 Å². The highest BCUT2D eigenvalue weighted by Gasteiger charge is 2.42. The fraction of sp³-hybridized carbons (Fsp3) is 0.417. The number of rotatable bonds is 4. The van der Waals surface area contributed by atoms with Crippen molar-refractivity contribution in [2.24, 2.45) is 5.73 Å². The maximum absolute atomic E-state index is 12.8. The second-order valence-corrected chi connectivity index (χ2v) is 4.43. The van der Waals surface area contributed by atoms with Crippen molar-refractivity contribution in [3.8, 4) is 0 Å². The highest BCUT2D eigenvalue weighted by Crippen LogP contribution is 2.36. The molecule has 1 aromatic rings. The van der Waals surface area contributed by atoms with Gasteiger partial charge < -0.3 is 15.6 Å². The molecule has 5 heteroatoms. The quantitative estimate of drug-likeness (QED) is 0.818. The molecule has 3 N–H and O–H groups in total. The minimum absolute atomic E-state index is 0.300. The summed E-state index contributed by atoms with van der Waals surface area (Å²) >= 11 is 0. The molecule has 2 rings (SSSR count). The molecule has 0 radical (unpaired) electrons. The van der Waals surface area contributed by atoms with E-state index < -0.39 is 12.0 Å². The van der Waals surface area contributed by atoms with Gasteiger partial charge in [-0.3, -0.25) is 4.79 Å². The predicted molar refractivity (Wildman–Crippen MR) is 59.1 cm³/mol. The van der Waals surface area contributed by atoms with Crippen molar-refractivity contribution in [3.63, 3.8) is 0 Å². The fourth-order valence-electron chi connectivity index (χ4n) is 2.06. The standard InChI is InChI=1S/C12H14FNO3/c13-9-3-1-8(2-4-9)12(6-17-7-12)5-10(14)11(15)16/h1-4,10H,5-7,14H2,(H,15,16). The molecule has 1 aliphatic rings. The van der Waals surface area contributed by atoms with Crippen LogP contribution >= 0.6 is 0 Å². The van der Waals surface area contributed by atoms with Gasteiger partial charge in [0.1, 0.15) is 11.9 Å². The van der Waals surface area contributed by atoms with E-state index in [-0.39, 0.29) is 11.2 Å². The van der Waals surface area contributed by atoms with Gasteiger partial charge in [0.15, 0.2) is 0 Å². The van der Waals surface area contributed by atoms with Crippen molar-refractivity contribution in [2.45, 2.75) is 17.9 Å². The highest BCUT2D eigenvalue weighted by molar-refractivity contribution is 5.73. The molecule has 0 bridgehead atoms. The number of carboxylic acids is 1. The number of hydrogen-bond acceptors (Lipinski definition) is 3. The van der Waals surface area contributed by atoms with E-state index in [4.69, 9.17) is 15.6 Å². The van der Waals surface area contributed by atoms with Crippen molar-refractivity contribution >= 4 is 5.97 Å². The minimum Gasteiger partial charge on any atom is -0.480 e. The van der Waals surface area contributed by atoms with E-state index in [0.29, 0.717) is 19.6 Å². The van der Waals surface area contributed by atoms with Crippen LogP contribution in [0.4, 0.5) is 4.39 Å². The third kappa shape index (κ3) is 2.30. The summed E-state index contributed by atoms with van der Waals surface area (Å²) in [4.78, 5) is 10.8. The first-order valence-corrected chi connectivity index (χ1v) is 5.36. The van der Waals surface area contributed by atoms with Gasteiger partial charge in [0.2, 0.25) is 0 Å². The van der Waals surface area contributed by atoms with Gasteiger partial charge in [0.25, 0.3) is 0 Å². The number of aliphatic carboxylic acids is 1. The second kappa shape index (κ2) is 4.43. The Hall–Kier alpha value is -1.46. The number of halogens is 1. The molecule has 1 aliphatic heterocycles. The first-order chi connectivity index (χ1) is 8.03. The van der Waals surface area contributed by atoms with Gasteiger partial charge in [-0.05, 0) is 24.1 Å². The monoisotopic (exact) mass is 239 g/mol. The predicted octanol–water partition coefficient (Wildman–Crippen LogP) is 0.896. The molecule has 17 heavy (non-hydrogen) atoms. The maximum atomic E-state index is 12.8. The second-order valence-electron chi connectivity index (χ2n) is 4.43. The van der Waals surface area contributed by atoms with Gasteiger partial charge in [-0.25, -0.2) is 4.39 Å². The Morgan fingerprint density at radius 2 is 2.06 bits per heavy atom. The molecule has 0 aliphatic carbocycles. The summed E-state index contributed by atoms with van der Waals surface area (Å²) in [7, 11) is 0. The van der Waals surface area contributed by atoms with E-state index in [1.54, 1.807) is 12.1 Å². The summed E-state index contributed by atoms with van der Waals surface area (Å²) in [6.45, 7) is 0.860. The van der Waals surface area contributed by atoms with Crippen LogP contribution in [0.2, 0.25) is 0 Å². The van der Waals surface area contributed by atoms with Gasteiger partial charge >= 0.3 is 5.97 Å². The normalized spacial score (nSPS) is 19.4. The van der Waals surface area contributed by atoms with Crippen LogP contribution in [0.1, 0.15) is 12.0 Å². The first-order valence-electron chi connectivity index (χ1n) is 5.36. The van der Waals surface area contributed by atoms with Crippen LogP contribution in [0.25, 0.3) is 0 Å². The smallest absolute Gasteiger partial charge is 0.320 e. The molecule has 0 aromatic heterocycles. The maximum Gasteiger partial charge on any atom is 0.320 e. The van der Waals surface area contributed by atoms with Gasteiger partial charge in [0, 0.05) is 5.41 Å². The van der Waals surface area contributed by atoms with Crippen LogP contribution in [0.5, 0.6) is 0 Å². The lowest BCUT2D eigenvalue weighted by atomic mass is 9.74. The Labute approximate surface area is 98.2 Å². The molecule has 1 saturated heterocycles. The summed E-state index contributed by atoms with van der Waals surface area (Å²) in [6.07, 6.45) is 0.300. The Balaban J connectivity index is 2.19. The fourth-order valence-corrected chi connectivity index (χ4v) is 2.06. The van der Waals surface area contributed by atoms with E-state index in [1.165, 1.54) is 12.1 Å². The van der Waals surface area contributed by atoms with E-state index in [2.05, 4.69) is 0 Å². The summed E-state index contributed by atoms with van der Waals surface area (Å²) in [5.74, 6) is -1.34. The third-order valence-corrected chi connectivity index (χ3v) is 3.14. The summed E-state index contributed by atoms with van der Waals surface area (Å²) in [5.41, 5.74) is 6.04. The zero-order valence-electron chi connectivity index (χ0n) is 9.23. The molecule has 1 heterocycles. The molecule has 0 amide bonds. The van der Waals surface area contributed by atoms with Gasteiger partial charge in [0.05, 0.1) is 13.2 Å². The lowest BCUT2D eigenvalue weighted by Crippen LogP contribution is -2.51. The van der Waals surface area contributed by atoms with E-state index in [9.17, 15) is 9.18 Å². The van der Waals surface area contributed by atoms with Crippen LogP contribution < -0.4 is 5.73 Å². The number of ether oxygens (including phenoxy) is 1. The van der Waals surface area contributed by atoms with Crippen molar-refractivity contribution in [2.75, 3.05) is 13.2 Å². The van der Waals surface area contributed by atoms with E-state index in [0.717, 1.165) is 5.56 Å². The average molecular weight is 239 g/mol. The van der Waals surface area contributed by atoms with Crippen molar-refractivity contribution in [1.82, 2.24) is 0 Å². The van der Waals surface area contributed by atoms with Gasteiger partial charge in [-0.2, -0.15) is 0 Å². The van der Waals surface area contributed by atoms with Crippen LogP contribution in [-0.4, -0.2) is 30.3 Å². The number of carboxylic acid groups (broad SMARTS) is 1. The topological polar surface area (TPSA) is 72.5 Å². The number of carbonyl (C=O) groups is 1. The Morgan fingerprint density at radius 1 is 1.47 bits per heavy atom. The van der Waals surface area contributed by atoms with Gasteiger partial charge in [-0.1, -0.05) is 12.1 Å². The Morgan fingerprint density at radius 3 is 2.47 bits per heavy atom. The molecule has 1 fully saturated rings. The lowest BCUT2D eigenvalue weighted by Gasteiger charge is -2.43. The number of nitrogens with two attached hydrogens (primary N) is 1. The molecule has 1 atom stereocenters. The van der Waals surface area contributed by atoms with Crippen molar-refractivity contribution in [3.05, 3.63) is 35.6 Å². The van der Waals surface area contributed by atoms with Gasteiger partial charge in [-0.15, -0.1) is 0 Å². The average Bonchev–Trinajstić information content (AvgIpc) is 2.24. The van der Waals surface area contributed by atoms with E-state index >= 15 is 0 Å². The van der Waals surface area contributed by atoms with Crippen LogP contribution in [0, 0.1) is 5.82 Å². The summed E-state index contributed by atoms with van der Waals surface area (Å²) in [5, 5.41) is 8.83. The molecule has 1 unspecified atom stereocenters. The molecule has 0 spiro atoms. The number of benzene rings is 1. The van der Waals surface area contributed by atoms with Crippen LogP contribution in [0.15, 0.2) is 24.3 Å². The minimum atomic E-state index is -1.03. The summed E-state index contributed by atoms with van der Waals surface area (Å²) < 4.78 is 18.0. The van der Waals surface area contributed by atoms with Crippen molar-refractivity contribution < 1.29 is 19.0 Å². The highest BCUT2D eigenvalue weighted by atomic mass is 19.1. The van der Waals surface area contributed by atoms with Crippen molar-refractivity contribution in [1.29, 1.82) is 0 Å². The zero-order valence-corrected chi connectivity index (χ0v) is 9.23. The zero-order chi connectivity index (χ0) is 12.5. The molecule has 1 aromatic carbocycles. The first kappa shape index (κ1) is 12.0. The Bertz CT molecular complexity index is 414. The molecular formula is C12H14FNO3. The molecule has 0 saturated carbocycles. The lowest BCUT2D eigenvalue weighted by molar-refractivity contribution is -0.141. The molecular weight excluding hydrogens is 225 g/mol. The number of hydrogen-bond donors (Lipinski definition) is 2. The Kier molecular flexibility index (Phi) is 3.13. The molecule has 4 nitrogen and oxygen atoms in total. The SMILES string of the molecule is NC(CC1(c2ccc(F)cc2)COC1)C(=O)O. The largest absolute Gasteiger partial charge is 0.480 e. The molecule has 92 valence electrons.